The van der Waals surface area contributed by atoms with Gasteiger partial charge in [0, 0.05) is 12.1 Å². The van der Waals surface area contributed by atoms with Gasteiger partial charge in [0.25, 0.3) is 0 Å². The van der Waals surface area contributed by atoms with Crippen molar-refractivity contribution in [2.45, 2.75) is 90.3 Å². The molecule has 3 unspecified atom stereocenters. The van der Waals surface area contributed by atoms with Gasteiger partial charge in [0.15, 0.2) is 0 Å². The van der Waals surface area contributed by atoms with Crippen LogP contribution in [0.25, 0.3) is 0 Å². The zero-order chi connectivity index (χ0) is 14.0. The Labute approximate surface area is 119 Å². The Morgan fingerprint density at radius 1 is 0.947 bits per heavy atom. The maximum absolute atomic E-state index is 10.4. The summed E-state index contributed by atoms with van der Waals surface area (Å²) in [7, 11) is 2.26. The van der Waals surface area contributed by atoms with E-state index in [4.69, 9.17) is 0 Å². The molecule has 0 aromatic carbocycles. The number of aliphatic hydroxyl groups is 1. The van der Waals surface area contributed by atoms with Gasteiger partial charge in [0.1, 0.15) is 0 Å². The molecule has 3 atom stereocenters. The van der Waals surface area contributed by atoms with E-state index < -0.39 is 0 Å². The molecule has 0 spiro atoms. The van der Waals surface area contributed by atoms with Crippen molar-refractivity contribution in [1.29, 1.82) is 0 Å². The quantitative estimate of drug-likeness (QED) is 0.822. The fourth-order valence-corrected chi connectivity index (χ4v) is 4.11. The second-order valence-electron chi connectivity index (χ2n) is 7.97. The van der Waals surface area contributed by atoms with Crippen molar-refractivity contribution < 1.29 is 5.11 Å². The molecule has 0 amide bonds. The summed E-state index contributed by atoms with van der Waals surface area (Å²) in [5.74, 6) is 0.756. The zero-order valence-corrected chi connectivity index (χ0v) is 13.4. The van der Waals surface area contributed by atoms with Gasteiger partial charge in [-0.25, -0.2) is 0 Å². The van der Waals surface area contributed by atoms with Crippen molar-refractivity contribution in [3.63, 3.8) is 0 Å². The van der Waals surface area contributed by atoms with E-state index >= 15 is 0 Å². The number of hydrogen-bond acceptors (Lipinski definition) is 2. The molecule has 2 nitrogen and oxygen atoms in total. The molecule has 0 aliphatic heterocycles. The summed E-state index contributed by atoms with van der Waals surface area (Å²) in [6.45, 7) is 7.06. The third kappa shape index (κ3) is 3.72. The zero-order valence-electron chi connectivity index (χ0n) is 13.4. The first kappa shape index (κ1) is 15.3. The molecule has 2 aliphatic carbocycles. The minimum absolute atomic E-state index is 0.106. The Bertz CT molecular complexity index is 277. The van der Waals surface area contributed by atoms with E-state index in [-0.39, 0.29) is 6.10 Å². The van der Waals surface area contributed by atoms with E-state index in [0.29, 0.717) is 17.5 Å². The van der Waals surface area contributed by atoms with Crippen LogP contribution in [0.3, 0.4) is 0 Å². The molecule has 0 radical (unpaired) electrons. The first-order valence-electron chi connectivity index (χ1n) is 8.29. The molecule has 0 aromatic heterocycles. The highest BCUT2D eigenvalue weighted by Crippen LogP contribution is 2.40. The molecule has 2 saturated carbocycles. The van der Waals surface area contributed by atoms with Crippen LogP contribution in [0, 0.1) is 11.3 Å². The van der Waals surface area contributed by atoms with Crippen LogP contribution in [0.1, 0.15) is 72.1 Å². The van der Waals surface area contributed by atoms with Gasteiger partial charge in [-0.15, -0.1) is 0 Å². The van der Waals surface area contributed by atoms with E-state index in [2.05, 4.69) is 32.7 Å². The van der Waals surface area contributed by atoms with Gasteiger partial charge >= 0.3 is 0 Å². The Balaban J connectivity index is 1.99. The van der Waals surface area contributed by atoms with Crippen LogP contribution >= 0.6 is 0 Å². The summed E-state index contributed by atoms with van der Waals surface area (Å²) in [4.78, 5) is 2.53. The second-order valence-corrected chi connectivity index (χ2v) is 7.97. The number of rotatable bonds is 2. The van der Waals surface area contributed by atoms with Gasteiger partial charge in [-0.1, -0.05) is 40.0 Å². The molecule has 0 aromatic rings. The van der Waals surface area contributed by atoms with Crippen LogP contribution in [0.4, 0.5) is 0 Å². The Hall–Kier alpha value is -0.0800. The lowest BCUT2D eigenvalue weighted by atomic mass is 9.69. The molecule has 112 valence electrons. The fourth-order valence-electron chi connectivity index (χ4n) is 4.11. The number of nitrogens with zero attached hydrogens (tertiary/aromatic N) is 1. The van der Waals surface area contributed by atoms with Crippen LogP contribution in [-0.4, -0.2) is 35.2 Å². The molecular weight excluding hydrogens is 234 g/mol. The Kier molecular flexibility index (Phi) is 4.94. The fraction of sp³-hybridized carbons (Fsp3) is 1.00. The molecule has 0 heterocycles. The molecule has 2 heteroatoms. The van der Waals surface area contributed by atoms with Crippen LogP contribution in [0.5, 0.6) is 0 Å². The average Bonchev–Trinajstić information content (AvgIpc) is 2.38. The van der Waals surface area contributed by atoms with Crippen LogP contribution in [-0.2, 0) is 0 Å². The van der Waals surface area contributed by atoms with Crippen molar-refractivity contribution in [2.24, 2.45) is 11.3 Å². The summed E-state index contributed by atoms with van der Waals surface area (Å²) in [6.07, 6.45) is 10.1. The standard InChI is InChI=1S/C17H33NO/c1-17(2,3)13-10-11-16(19)15(12-13)18(4)14-8-6-5-7-9-14/h13-16,19H,5-12H2,1-4H3. The van der Waals surface area contributed by atoms with Gasteiger partial charge in [-0.05, 0) is 50.5 Å². The highest BCUT2D eigenvalue weighted by Gasteiger charge is 2.38. The van der Waals surface area contributed by atoms with E-state index in [1.54, 1.807) is 0 Å². The molecule has 0 bridgehead atoms. The molecule has 2 fully saturated rings. The van der Waals surface area contributed by atoms with Gasteiger partial charge in [0.2, 0.25) is 0 Å². The third-order valence-corrected chi connectivity index (χ3v) is 5.68. The SMILES string of the molecule is CN(C1CCCCC1)C1CC(C(C)(C)C)CCC1O. The Morgan fingerprint density at radius 2 is 1.58 bits per heavy atom. The van der Waals surface area contributed by atoms with Crippen molar-refractivity contribution in [3.8, 4) is 0 Å². The van der Waals surface area contributed by atoms with Crippen molar-refractivity contribution in [3.05, 3.63) is 0 Å². The number of likely N-dealkylation sites (N-methyl/N-ethyl adjacent to an activating group) is 1. The second kappa shape index (κ2) is 6.13. The first-order chi connectivity index (χ1) is 8.89. The molecule has 2 aliphatic rings. The smallest absolute Gasteiger partial charge is 0.0695 e. The molecule has 19 heavy (non-hydrogen) atoms. The highest BCUT2D eigenvalue weighted by molar-refractivity contribution is 4.92. The maximum Gasteiger partial charge on any atom is 0.0695 e. The topological polar surface area (TPSA) is 23.5 Å². The van der Waals surface area contributed by atoms with Crippen molar-refractivity contribution in [1.82, 2.24) is 4.90 Å². The summed E-state index contributed by atoms with van der Waals surface area (Å²) < 4.78 is 0. The van der Waals surface area contributed by atoms with Crippen LogP contribution < -0.4 is 0 Å². The molecule has 1 N–H and O–H groups in total. The van der Waals surface area contributed by atoms with Gasteiger partial charge in [-0.3, -0.25) is 4.90 Å². The summed E-state index contributed by atoms with van der Waals surface area (Å²) in [5, 5.41) is 10.4. The van der Waals surface area contributed by atoms with E-state index in [0.717, 1.165) is 12.3 Å². The summed E-state index contributed by atoms with van der Waals surface area (Å²) in [5.41, 5.74) is 0.381. The lowest BCUT2D eigenvalue weighted by molar-refractivity contribution is -0.0276. The van der Waals surface area contributed by atoms with E-state index in [1.807, 2.05) is 0 Å². The first-order valence-corrected chi connectivity index (χ1v) is 8.29. The predicted octanol–water partition coefficient (Wildman–Crippen LogP) is 3.83. The van der Waals surface area contributed by atoms with Crippen molar-refractivity contribution >= 4 is 0 Å². The largest absolute Gasteiger partial charge is 0.391 e. The Morgan fingerprint density at radius 3 is 2.16 bits per heavy atom. The monoisotopic (exact) mass is 267 g/mol. The normalized spacial score (nSPS) is 34.7. The van der Waals surface area contributed by atoms with Crippen LogP contribution in [0.2, 0.25) is 0 Å². The van der Waals surface area contributed by atoms with Gasteiger partial charge in [-0.2, -0.15) is 0 Å². The van der Waals surface area contributed by atoms with Gasteiger partial charge in [0.05, 0.1) is 6.10 Å². The van der Waals surface area contributed by atoms with E-state index in [1.165, 1.54) is 44.9 Å². The maximum atomic E-state index is 10.4. The van der Waals surface area contributed by atoms with E-state index in [9.17, 15) is 5.11 Å². The van der Waals surface area contributed by atoms with Crippen molar-refractivity contribution in [2.75, 3.05) is 7.05 Å². The summed E-state index contributed by atoms with van der Waals surface area (Å²) >= 11 is 0. The van der Waals surface area contributed by atoms with Gasteiger partial charge < -0.3 is 5.11 Å². The average molecular weight is 267 g/mol. The minimum atomic E-state index is -0.106. The molecule has 2 rings (SSSR count). The molecular formula is C17H33NO. The number of aliphatic hydroxyl groups excluding tert-OH is 1. The lowest BCUT2D eigenvalue weighted by Crippen LogP contribution is -2.51. The summed E-state index contributed by atoms with van der Waals surface area (Å²) in [6, 6.07) is 1.10. The predicted molar refractivity (Wildman–Crippen MR) is 81.2 cm³/mol. The number of hydrogen-bond donors (Lipinski definition) is 1. The highest BCUT2D eigenvalue weighted by atomic mass is 16.3. The lowest BCUT2D eigenvalue weighted by Gasteiger charge is -2.46. The van der Waals surface area contributed by atoms with Crippen LogP contribution in [0.15, 0.2) is 0 Å². The minimum Gasteiger partial charge on any atom is -0.391 e. The third-order valence-electron chi connectivity index (χ3n) is 5.68. The molecule has 0 saturated heterocycles.